The molecule has 340 valence electrons. The molecule has 0 amide bonds. The maximum absolute atomic E-state index is 12.7. The second kappa shape index (κ2) is 47.8. The monoisotopic (exact) mass is 825 g/mol. The van der Waals surface area contributed by atoms with Crippen molar-refractivity contribution in [3.05, 3.63) is 60.8 Å². The van der Waals surface area contributed by atoms with Crippen LogP contribution in [0.25, 0.3) is 0 Å². The summed E-state index contributed by atoms with van der Waals surface area (Å²) in [6.07, 6.45) is 58.2. The maximum Gasteiger partial charge on any atom is 0.309 e. The number of unbranched alkanes of at least 4 members (excludes halogenated alkanes) is 24. The van der Waals surface area contributed by atoms with Crippen molar-refractivity contribution in [3.8, 4) is 0 Å². The first kappa shape index (κ1) is 56.1. The normalized spacial score (nSPS) is 12.5. The molecule has 0 aliphatic rings. The summed E-state index contributed by atoms with van der Waals surface area (Å²) in [4.78, 5) is 37.7. The van der Waals surface area contributed by atoms with Gasteiger partial charge in [0.2, 0.25) is 0 Å². The molecule has 0 spiro atoms. The van der Waals surface area contributed by atoms with E-state index in [4.69, 9.17) is 14.2 Å². The molecule has 0 bridgehead atoms. The van der Waals surface area contributed by atoms with Crippen molar-refractivity contribution in [2.24, 2.45) is 0 Å². The maximum atomic E-state index is 12.7. The minimum absolute atomic E-state index is 0.109. The van der Waals surface area contributed by atoms with Crippen LogP contribution >= 0.6 is 0 Å². The van der Waals surface area contributed by atoms with E-state index in [0.29, 0.717) is 12.8 Å². The number of rotatable bonds is 44. The van der Waals surface area contributed by atoms with Crippen molar-refractivity contribution in [1.29, 1.82) is 0 Å². The van der Waals surface area contributed by atoms with Crippen LogP contribution in [-0.4, -0.2) is 37.2 Å². The molecular weight excluding hydrogens is 733 g/mol. The summed E-state index contributed by atoms with van der Waals surface area (Å²) in [6, 6.07) is 0. The van der Waals surface area contributed by atoms with Crippen LogP contribution in [0.4, 0.5) is 0 Å². The first-order valence-electron chi connectivity index (χ1n) is 24.8. The molecule has 59 heavy (non-hydrogen) atoms. The van der Waals surface area contributed by atoms with E-state index in [9.17, 15) is 14.4 Å². The highest BCUT2D eigenvalue weighted by Gasteiger charge is 2.19. The van der Waals surface area contributed by atoms with Crippen molar-refractivity contribution in [1.82, 2.24) is 0 Å². The lowest BCUT2D eigenvalue weighted by Gasteiger charge is -2.18. The predicted molar refractivity (Wildman–Crippen MR) is 251 cm³/mol. The Labute approximate surface area is 364 Å². The zero-order valence-electron chi connectivity index (χ0n) is 38.8. The molecule has 0 heterocycles. The fraction of sp³-hybridized carbons (Fsp3) is 0.755. The molecule has 0 aliphatic heterocycles. The Morgan fingerprint density at radius 1 is 0.373 bits per heavy atom. The van der Waals surface area contributed by atoms with Crippen molar-refractivity contribution in [3.63, 3.8) is 0 Å². The van der Waals surface area contributed by atoms with Gasteiger partial charge in [0.25, 0.3) is 0 Å². The van der Waals surface area contributed by atoms with E-state index >= 15 is 0 Å². The van der Waals surface area contributed by atoms with Crippen LogP contribution in [0.2, 0.25) is 0 Å². The van der Waals surface area contributed by atoms with Gasteiger partial charge >= 0.3 is 17.9 Å². The van der Waals surface area contributed by atoms with Gasteiger partial charge in [0.1, 0.15) is 13.2 Å². The molecule has 1 atom stereocenters. The van der Waals surface area contributed by atoms with Gasteiger partial charge in [0.15, 0.2) is 6.10 Å². The van der Waals surface area contributed by atoms with Gasteiger partial charge < -0.3 is 14.2 Å². The fourth-order valence-corrected chi connectivity index (χ4v) is 6.79. The van der Waals surface area contributed by atoms with Gasteiger partial charge in [-0.15, -0.1) is 0 Å². The molecule has 0 saturated heterocycles. The average Bonchev–Trinajstić information content (AvgIpc) is 3.23. The first-order valence-corrected chi connectivity index (χ1v) is 24.8. The van der Waals surface area contributed by atoms with Crippen molar-refractivity contribution in [2.45, 2.75) is 245 Å². The summed E-state index contributed by atoms with van der Waals surface area (Å²) in [5.41, 5.74) is 0. The molecule has 0 saturated carbocycles. The Hall–Kier alpha value is -2.89. The van der Waals surface area contributed by atoms with Gasteiger partial charge in [-0.2, -0.15) is 0 Å². The molecular formula is C53H92O6. The van der Waals surface area contributed by atoms with Gasteiger partial charge in [-0.3, -0.25) is 14.4 Å². The second-order valence-corrected chi connectivity index (χ2v) is 16.4. The van der Waals surface area contributed by atoms with E-state index in [1.54, 1.807) is 6.08 Å². The smallest absolute Gasteiger partial charge is 0.309 e. The molecule has 0 fully saturated rings. The Morgan fingerprint density at radius 2 is 0.729 bits per heavy atom. The number of allylic oxidation sites excluding steroid dienone is 9. The number of ether oxygens (including phenoxy) is 3. The van der Waals surface area contributed by atoms with Crippen LogP contribution in [0.3, 0.4) is 0 Å². The SMILES string of the molecule is CC/C=C\C/C=C\C/C=C\CC(=O)OCC(COC(=O)CCCCCCCCC/C=C\CCCCCCCCCC)OC(=O)CCCCC/C=C\CCCCCCCC. The first-order chi connectivity index (χ1) is 29.0. The van der Waals surface area contributed by atoms with E-state index in [1.165, 1.54) is 128 Å². The lowest BCUT2D eigenvalue weighted by molar-refractivity contribution is -0.166. The predicted octanol–water partition coefficient (Wildman–Crippen LogP) is 16.1. The number of esters is 3. The summed E-state index contributed by atoms with van der Waals surface area (Å²) in [6.45, 7) is 6.40. The van der Waals surface area contributed by atoms with Gasteiger partial charge in [-0.1, -0.05) is 197 Å². The molecule has 0 radical (unpaired) electrons. The van der Waals surface area contributed by atoms with Gasteiger partial charge in [0.05, 0.1) is 6.42 Å². The summed E-state index contributed by atoms with van der Waals surface area (Å²) in [5.74, 6) is -1.06. The molecule has 0 aromatic carbocycles. The highest BCUT2D eigenvalue weighted by molar-refractivity contribution is 5.72. The van der Waals surface area contributed by atoms with Crippen LogP contribution in [0.1, 0.15) is 239 Å². The standard InChI is InChI=1S/C53H92O6/c1-4-7-10-13-16-19-21-23-24-25-26-27-28-30-31-34-37-40-43-46-52(55)58-49-50(48-57-51(54)45-42-39-36-33-18-15-12-9-6-3)59-53(56)47-44-41-38-35-32-29-22-20-17-14-11-8-5-2/h9,12,18,25-26,29,32-33,39,42,50H,4-8,10-11,13-17,19-24,27-28,30-31,34-38,40-41,43-49H2,1-3H3/b12-9-,26-25-,32-29-,33-18-,42-39-. The minimum Gasteiger partial charge on any atom is -0.462 e. The zero-order valence-corrected chi connectivity index (χ0v) is 38.8. The van der Waals surface area contributed by atoms with E-state index in [0.717, 1.165) is 70.6 Å². The van der Waals surface area contributed by atoms with E-state index in [-0.39, 0.29) is 31.6 Å². The van der Waals surface area contributed by atoms with Gasteiger partial charge in [0, 0.05) is 12.8 Å². The number of carbonyl (C=O) groups is 3. The molecule has 0 aromatic rings. The van der Waals surface area contributed by atoms with E-state index in [2.05, 4.69) is 69.4 Å². The van der Waals surface area contributed by atoms with Crippen molar-refractivity contribution in [2.75, 3.05) is 13.2 Å². The van der Waals surface area contributed by atoms with Crippen molar-refractivity contribution < 1.29 is 28.6 Å². The molecule has 0 aromatic heterocycles. The lowest BCUT2D eigenvalue weighted by atomic mass is 10.1. The van der Waals surface area contributed by atoms with Crippen LogP contribution in [0.15, 0.2) is 60.8 Å². The molecule has 6 heteroatoms. The van der Waals surface area contributed by atoms with Crippen LogP contribution in [0.5, 0.6) is 0 Å². The Kier molecular flexibility index (Phi) is 45.4. The summed E-state index contributed by atoms with van der Waals surface area (Å²) in [7, 11) is 0. The summed E-state index contributed by atoms with van der Waals surface area (Å²) >= 11 is 0. The Balaban J connectivity index is 4.36. The fourth-order valence-electron chi connectivity index (χ4n) is 6.79. The molecule has 1 unspecified atom stereocenters. The second-order valence-electron chi connectivity index (χ2n) is 16.4. The highest BCUT2D eigenvalue weighted by Crippen LogP contribution is 2.14. The van der Waals surface area contributed by atoms with Gasteiger partial charge in [-0.05, 0) is 83.5 Å². The lowest BCUT2D eigenvalue weighted by Crippen LogP contribution is -2.30. The Bertz CT molecular complexity index is 1090. The summed E-state index contributed by atoms with van der Waals surface area (Å²) in [5, 5.41) is 0. The zero-order chi connectivity index (χ0) is 43.0. The summed E-state index contributed by atoms with van der Waals surface area (Å²) < 4.78 is 16.6. The minimum atomic E-state index is -0.816. The average molecular weight is 825 g/mol. The third-order valence-corrected chi connectivity index (χ3v) is 10.5. The van der Waals surface area contributed by atoms with E-state index in [1.807, 2.05) is 6.08 Å². The number of carbonyl (C=O) groups excluding carboxylic acids is 3. The molecule has 0 N–H and O–H groups in total. The van der Waals surface area contributed by atoms with Gasteiger partial charge in [-0.25, -0.2) is 0 Å². The van der Waals surface area contributed by atoms with Crippen LogP contribution in [-0.2, 0) is 28.6 Å². The quantitative estimate of drug-likeness (QED) is 0.0263. The topological polar surface area (TPSA) is 78.9 Å². The largest absolute Gasteiger partial charge is 0.462 e. The number of hydrogen-bond acceptors (Lipinski definition) is 6. The molecule has 6 nitrogen and oxygen atoms in total. The molecule has 0 rings (SSSR count). The third kappa shape index (κ3) is 46.0. The van der Waals surface area contributed by atoms with Crippen LogP contribution in [0, 0.1) is 0 Å². The molecule has 0 aliphatic carbocycles. The third-order valence-electron chi connectivity index (χ3n) is 10.5. The van der Waals surface area contributed by atoms with Crippen molar-refractivity contribution >= 4 is 17.9 Å². The van der Waals surface area contributed by atoms with E-state index < -0.39 is 12.1 Å². The highest BCUT2D eigenvalue weighted by atomic mass is 16.6. The number of hydrogen-bond donors (Lipinski definition) is 0. The van der Waals surface area contributed by atoms with Crippen LogP contribution < -0.4 is 0 Å². The Morgan fingerprint density at radius 3 is 1.19 bits per heavy atom.